The van der Waals surface area contributed by atoms with Gasteiger partial charge in [0.1, 0.15) is 5.75 Å². The lowest BCUT2D eigenvalue weighted by atomic mass is 10.1. The van der Waals surface area contributed by atoms with Crippen LogP contribution in [0.15, 0.2) is 18.2 Å². The molecule has 1 N–H and O–H groups in total. The first-order valence-electron chi connectivity index (χ1n) is 8.68. The van der Waals surface area contributed by atoms with Crippen molar-refractivity contribution >= 4 is 23.2 Å². The smallest absolute Gasteiger partial charge is 0.228 e. The van der Waals surface area contributed by atoms with Crippen molar-refractivity contribution in [1.82, 2.24) is 9.78 Å². The molecule has 0 aliphatic carbocycles. The van der Waals surface area contributed by atoms with Crippen LogP contribution in [0.2, 0.25) is 0 Å². The average molecular weight is 356 g/mol. The number of aromatic nitrogens is 2. The molecule has 2 heterocycles. The van der Waals surface area contributed by atoms with Crippen LogP contribution < -0.4 is 15.0 Å². The van der Waals surface area contributed by atoms with Gasteiger partial charge >= 0.3 is 0 Å². The number of hydrogen-bond acceptors (Lipinski definition) is 4. The Bertz CT molecular complexity index is 857. The van der Waals surface area contributed by atoms with E-state index >= 15 is 0 Å². The molecule has 0 spiro atoms. The van der Waals surface area contributed by atoms with Gasteiger partial charge in [0.05, 0.1) is 24.9 Å². The summed E-state index contributed by atoms with van der Waals surface area (Å²) >= 11 is 0. The molecule has 1 aliphatic heterocycles. The molecule has 1 fully saturated rings. The Morgan fingerprint density at radius 3 is 2.69 bits per heavy atom. The van der Waals surface area contributed by atoms with Gasteiger partial charge in [0.2, 0.25) is 11.8 Å². The molecule has 0 bridgehead atoms. The van der Waals surface area contributed by atoms with Crippen molar-refractivity contribution in [2.75, 3.05) is 23.9 Å². The van der Waals surface area contributed by atoms with Crippen LogP contribution in [0.4, 0.5) is 11.4 Å². The van der Waals surface area contributed by atoms with Crippen LogP contribution >= 0.6 is 0 Å². The molecule has 0 saturated carbocycles. The SMILES string of the molecule is COc1cc(NC(=O)Cc2c(C)nn(C)c2C)ccc1N1CCCC1=O. The van der Waals surface area contributed by atoms with Gasteiger partial charge in [-0.1, -0.05) is 0 Å². The number of carbonyl (C=O) groups excluding carboxylic acids is 2. The van der Waals surface area contributed by atoms with Crippen LogP contribution in [-0.4, -0.2) is 35.2 Å². The summed E-state index contributed by atoms with van der Waals surface area (Å²) in [5, 5.41) is 7.24. The maximum absolute atomic E-state index is 12.4. The first kappa shape index (κ1) is 18.0. The van der Waals surface area contributed by atoms with Crippen molar-refractivity contribution in [3.8, 4) is 5.75 Å². The summed E-state index contributed by atoms with van der Waals surface area (Å²) < 4.78 is 7.21. The third kappa shape index (κ3) is 3.42. The molecule has 1 saturated heterocycles. The van der Waals surface area contributed by atoms with E-state index in [-0.39, 0.29) is 18.2 Å². The highest BCUT2D eigenvalue weighted by atomic mass is 16.5. The standard InChI is InChI=1S/C19H24N4O3/c1-12-15(13(2)22(3)21-12)11-18(24)20-14-7-8-16(17(10-14)26-4)23-9-5-6-19(23)25/h7-8,10H,5-6,9,11H2,1-4H3,(H,20,24). The number of carbonyl (C=O) groups is 2. The van der Waals surface area contributed by atoms with E-state index in [1.807, 2.05) is 27.0 Å². The molecule has 1 aromatic heterocycles. The van der Waals surface area contributed by atoms with Gasteiger partial charge in [-0.05, 0) is 32.4 Å². The van der Waals surface area contributed by atoms with Gasteiger partial charge < -0.3 is 15.0 Å². The zero-order chi connectivity index (χ0) is 18.8. The van der Waals surface area contributed by atoms with Crippen LogP contribution in [-0.2, 0) is 23.1 Å². The Balaban J connectivity index is 1.75. The minimum absolute atomic E-state index is 0.0996. The predicted molar refractivity (Wildman–Crippen MR) is 99.6 cm³/mol. The van der Waals surface area contributed by atoms with E-state index < -0.39 is 0 Å². The number of anilines is 2. The molecule has 1 aromatic carbocycles. The first-order chi connectivity index (χ1) is 12.4. The van der Waals surface area contributed by atoms with Crippen molar-refractivity contribution in [2.45, 2.75) is 33.1 Å². The Morgan fingerprint density at radius 1 is 1.35 bits per heavy atom. The zero-order valence-electron chi connectivity index (χ0n) is 15.6. The normalized spacial score (nSPS) is 14.0. The fourth-order valence-electron chi connectivity index (χ4n) is 3.32. The second-order valence-corrected chi connectivity index (χ2v) is 6.53. The molecule has 26 heavy (non-hydrogen) atoms. The zero-order valence-corrected chi connectivity index (χ0v) is 15.6. The Hall–Kier alpha value is -2.83. The summed E-state index contributed by atoms with van der Waals surface area (Å²) in [6.45, 7) is 4.55. The van der Waals surface area contributed by atoms with Crippen LogP contribution in [0.3, 0.4) is 0 Å². The van der Waals surface area contributed by atoms with E-state index in [9.17, 15) is 9.59 Å². The Kier molecular flexibility index (Phi) is 4.97. The summed E-state index contributed by atoms with van der Waals surface area (Å²) in [5.41, 5.74) is 4.17. The highest BCUT2D eigenvalue weighted by Crippen LogP contribution is 2.33. The second kappa shape index (κ2) is 7.19. The van der Waals surface area contributed by atoms with Gasteiger partial charge in [-0.2, -0.15) is 5.10 Å². The number of methoxy groups -OCH3 is 1. The molecule has 138 valence electrons. The second-order valence-electron chi connectivity index (χ2n) is 6.53. The predicted octanol–water partition coefficient (Wildman–Crippen LogP) is 2.35. The maximum Gasteiger partial charge on any atom is 0.228 e. The van der Waals surface area contributed by atoms with Crippen molar-refractivity contribution in [3.63, 3.8) is 0 Å². The monoisotopic (exact) mass is 356 g/mol. The van der Waals surface area contributed by atoms with Crippen LogP contribution in [0.5, 0.6) is 5.75 Å². The minimum atomic E-state index is -0.115. The van der Waals surface area contributed by atoms with Crippen molar-refractivity contribution < 1.29 is 14.3 Å². The number of hydrogen-bond donors (Lipinski definition) is 1. The Morgan fingerprint density at radius 2 is 2.12 bits per heavy atom. The fourth-order valence-corrected chi connectivity index (χ4v) is 3.32. The highest BCUT2D eigenvalue weighted by molar-refractivity contribution is 5.98. The van der Waals surface area contributed by atoms with Crippen molar-refractivity contribution in [1.29, 1.82) is 0 Å². The summed E-state index contributed by atoms with van der Waals surface area (Å²) in [5.74, 6) is 0.561. The number of aryl methyl sites for hydroxylation is 2. The largest absolute Gasteiger partial charge is 0.494 e. The Labute approximate surface area is 152 Å². The molecule has 0 radical (unpaired) electrons. The number of nitrogens with zero attached hydrogens (tertiary/aromatic N) is 3. The summed E-state index contributed by atoms with van der Waals surface area (Å²) in [4.78, 5) is 26.1. The number of ether oxygens (including phenoxy) is 1. The molecular formula is C19H24N4O3. The van der Waals surface area contributed by atoms with Gasteiger partial charge in [-0.3, -0.25) is 14.3 Å². The molecule has 1 aliphatic rings. The lowest BCUT2D eigenvalue weighted by Gasteiger charge is -2.19. The molecule has 3 rings (SSSR count). The van der Waals surface area contributed by atoms with E-state index in [4.69, 9.17) is 4.74 Å². The lowest BCUT2D eigenvalue weighted by Crippen LogP contribution is -2.24. The molecule has 7 nitrogen and oxygen atoms in total. The summed E-state index contributed by atoms with van der Waals surface area (Å²) in [6.07, 6.45) is 1.68. The minimum Gasteiger partial charge on any atom is -0.494 e. The molecule has 7 heteroatoms. The van der Waals surface area contributed by atoms with Crippen LogP contribution in [0.1, 0.15) is 29.8 Å². The molecule has 2 amide bonds. The van der Waals surface area contributed by atoms with Gasteiger partial charge in [-0.15, -0.1) is 0 Å². The van der Waals surface area contributed by atoms with E-state index in [0.717, 1.165) is 29.1 Å². The fraction of sp³-hybridized carbons (Fsp3) is 0.421. The number of rotatable bonds is 5. The molecule has 0 atom stereocenters. The van der Waals surface area contributed by atoms with E-state index in [1.54, 1.807) is 28.8 Å². The average Bonchev–Trinajstić information content (AvgIpc) is 3.13. The quantitative estimate of drug-likeness (QED) is 0.892. The van der Waals surface area contributed by atoms with Crippen LogP contribution in [0, 0.1) is 13.8 Å². The van der Waals surface area contributed by atoms with Gasteiger partial charge in [0.15, 0.2) is 0 Å². The van der Waals surface area contributed by atoms with Crippen molar-refractivity contribution in [2.24, 2.45) is 7.05 Å². The van der Waals surface area contributed by atoms with E-state index in [1.165, 1.54) is 0 Å². The molecular weight excluding hydrogens is 332 g/mol. The van der Waals surface area contributed by atoms with E-state index in [2.05, 4.69) is 10.4 Å². The van der Waals surface area contributed by atoms with E-state index in [0.29, 0.717) is 24.4 Å². The van der Waals surface area contributed by atoms with Crippen molar-refractivity contribution in [3.05, 3.63) is 35.2 Å². The highest BCUT2D eigenvalue weighted by Gasteiger charge is 2.24. The topological polar surface area (TPSA) is 76.5 Å². The summed E-state index contributed by atoms with van der Waals surface area (Å²) in [7, 11) is 3.43. The van der Waals surface area contributed by atoms with Gasteiger partial charge in [0, 0.05) is 43.0 Å². The molecule has 0 unspecified atom stereocenters. The third-order valence-corrected chi connectivity index (χ3v) is 4.82. The number of amides is 2. The maximum atomic E-state index is 12.4. The van der Waals surface area contributed by atoms with Crippen LogP contribution in [0.25, 0.3) is 0 Å². The first-order valence-corrected chi connectivity index (χ1v) is 8.68. The van der Waals surface area contributed by atoms with Gasteiger partial charge in [0.25, 0.3) is 0 Å². The van der Waals surface area contributed by atoms with Gasteiger partial charge in [-0.25, -0.2) is 0 Å². The molecule has 2 aromatic rings. The summed E-state index contributed by atoms with van der Waals surface area (Å²) in [6, 6.07) is 5.37. The third-order valence-electron chi connectivity index (χ3n) is 4.82. The number of nitrogens with one attached hydrogen (secondary N) is 1. The number of benzene rings is 1. The lowest BCUT2D eigenvalue weighted by molar-refractivity contribution is -0.117.